The van der Waals surface area contributed by atoms with Gasteiger partial charge in [0.2, 0.25) is 0 Å². The Labute approximate surface area is 179 Å². The third-order valence-electron chi connectivity index (χ3n) is 4.31. The Bertz CT molecular complexity index is 1170. The van der Waals surface area contributed by atoms with Crippen molar-refractivity contribution in [2.24, 2.45) is 0 Å². The molecule has 4 rings (SSSR count). The van der Waals surface area contributed by atoms with Gasteiger partial charge in [-0.2, -0.15) is 13.9 Å². The van der Waals surface area contributed by atoms with Crippen LogP contribution in [-0.4, -0.2) is 34.8 Å². The SMILES string of the molecule is COc1ccc(-c2cc(C(=O)Nc3nc(-c4ccc(OC(F)F)cc4)cs3)[nH]n2)cc1. The number of carbonyl (C=O) groups excluding carboxylic acids is 1. The van der Waals surface area contributed by atoms with E-state index < -0.39 is 6.61 Å². The third-order valence-corrected chi connectivity index (χ3v) is 5.07. The molecule has 2 heterocycles. The van der Waals surface area contributed by atoms with Gasteiger partial charge in [-0.05, 0) is 54.6 Å². The maximum absolute atomic E-state index is 12.5. The Morgan fingerprint density at radius 2 is 1.68 bits per heavy atom. The van der Waals surface area contributed by atoms with Crippen LogP contribution in [0.1, 0.15) is 10.5 Å². The number of aromatic nitrogens is 3. The fourth-order valence-electron chi connectivity index (χ4n) is 2.78. The molecular weight excluding hydrogens is 426 g/mol. The highest BCUT2D eigenvalue weighted by molar-refractivity contribution is 7.14. The smallest absolute Gasteiger partial charge is 0.387 e. The maximum Gasteiger partial charge on any atom is 0.387 e. The summed E-state index contributed by atoms with van der Waals surface area (Å²) in [6.45, 7) is -2.88. The molecule has 2 N–H and O–H groups in total. The number of halogens is 2. The molecule has 0 saturated heterocycles. The molecule has 31 heavy (non-hydrogen) atoms. The van der Waals surface area contributed by atoms with Crippen LogP contribution in [-0.2, 0) is 0 Å². The van der Waals surface area contributed by atoms with Gasteiger partial charge >= 0.3 is 6.61 Å². The number of rotatable bonds is 7. The first-order valence-corrected chi connectivity index (χ1v) is 9.92. The summed E-state index contributed by atoms with van der Waals surface area (Å²) in [4.78, 5) is 16.9. The number of hydrogen-bond donors (Lipinski definition) is 2. The topological polar surface area (TPSA) is 89.1 Å². The standard InChI is InChI=1S/C21H16F2N4O3S/c1-29-14-6-2-12(3-7-14)16-10-17(27-26-16)19(28)25-21-24-18(11-31-21)13-4-8-15(9-5-13)30-20(22)23/h2-11,20H,1H3,(H,26,27)(H,24,25,28). The highest BCUT2D eigenvalue weighted by Gasteiger charge is 2.14. The Morgan fingerprint density at radius 1 is 1.03 bits per heavy atom. The number of anilines is 1. The summed E-state index contributed by atoms with van der Waals surface area (Å²) in [6, 6.07) is 15.1. The number of nitrogens with one attached hydrogen (secondary N) is 2. The Hall–Kier alpha value is -3.79. The summed E-state index contributed by atoms with van der Waals surface area (Å²) in [5.41, 5.74) is 3.07. The van der Waals surface area contributed by atoms with Crippen molar-refractivity contribution in [3.8, 4) is 34.0 Å². The molecule has 0 aliphatic heterocycles. The molecule has 0 bridgehead atoms. The molecule has 0 aliphatic carbocycles. The van der Waals surface area contributed by atoms with E-state index in [9.17, 15) is 13.6 Å². The van der Waals surface area contributed by atoms with Gasteiger partial charge < -0.3 is 9.47 Å². The number of alkyl halides is 2. The van der Waals surface area contributed by atoms with Crippen molar-refractivity contribution in [2.75, 3.05) is 12.4 Å². The van der Waals surface area contributed by atoms with E-state index >= 15 is 0 Å². The number of amides is 1. The van der Waals surface area contributed by atoms with Gasteiger partial charge in [0.15, 0.2) is 5.13 Å². The lowest BCUT2D eigenvalue weighted by molar-refractivity contribution is -0.0498. The van der Waals surface area contributed by atoms with Crippen LogP contribution in [0.4, 0.5) is 13.9 Å². The van der Waals surface area contributed by atoms with Crippen molar-refractivity contribution in [3.05, 3.63) is 65.7 Å². The molecule has 0 unspecified atom stereocenters. The molecule has 0 spiro atoms. The lowest BCUT2D eigenvalue weighted by Gasteiger charge is -2.04. The van der Waals surface area contributed by atoms with E-state index in [1.54, 1.807) is 30.7 Å². The Kier molecular flexibility index (Phi) is 5.89. The second-order valence-corrected chi connectivity index (χ2v) is 7.15. The second-order valence-electron chi connectivity index (χ2n) is 6.29. The normalized spacial score (nSPS) is 10.8. The zero-order valence-electron chi connectivity index (χ0n) is 16.1. The minimum atomic E-state index is -2.88. The fraction of sp³-hybridized carbons (Fsp3) is 0.0952. The molecule has 7 nitrogen and oxygen atoms in total. The van der Waals surface area contributed by atoms with Crippen molar-refractivity contribution in [2.45, 2.75) is 6.61 Å². The molecule has 4 aromatic rings. The lowest BCUT2D eigenvalue weighted by Crippen LogP contribution is -2.12. The van der Waals surface area contributed by atoms with Gasteiger partial charge in [0.05, 0.1) is 18.5 Å². The van der Waals surface area contributed by atoms with Crippen molar-refractivity contribution >= 4 is 22.4 Å². The average molecular weight is 442 g/mol. The second kappa shape index (κ2) is 8.92. The predicted molar refractivity (Wildman–Crippen MR) is 113 cm³/mol. The van der Waals surface area contributed by atoms with Gasteiger partial charge in [0.1, 0.15) is 17.2 Å². The molecule has 1 amide bonds. The number of methoxy groups -OCH3 is 1. The summed E-state index contributed by atoms with van der Waals surface area (Å²) in [7, 11) is 1.59. The van der Waals surface area contributed by atoms with Gasteiger partial charge in [-0.1, -0.05) is 0 Å². The molecule has 10 heteroatoms. The minimum absolute atomic E-state index is 0.0643. The highest BCUT2D eigenvalue weighted by Crippen LogP contribution is 2.27. The number of ether oxygens (including phenoxy) is 2. The molecule has 158 valence electrons. The summed E-state index contributed by atoms with van der Waals surface area (Å²) >= 11 is 1.25. The number of carbonyl (C=O) groups is 1. The number of nitrogens with zero attached hydrogens (tertiary/aromatic N) is 2. The molecular formula is C21H16F2N4O3S. The quantitative estimate of drug-likeness (QED) is 0.418. The number of aromatic amines is 1. The van der Waals surface area contributed by atoms with Gasteiger partial charge in [0.25, 0.3) is 5.91 Å². The van der Waals surface area contributed by atoms with Crippen LogP contribution in [0.3, 0.4) is 0 Å². The molecule has 0 fully saturated rings. The van der Waals surface area contributed by atoms with Crippen LogP contribution in [0.2, 0.25) is 0 Å². The van der Waals surface area contributed by atoms with E-state index in [1.165, 1.54) is 23.5 Å². The molecule has 0 aliphatic rings. The first kappa shape index (κ1) is 20.5. The van der Waals surface area contributed by atoms with Crippen LogP contribution in [0.25, 0.3) is 22.5 Å². The van der Waals surface area contributed by atoms with E-state index in [0.29, 0.717) is 22.1 Å². The van der Waals surface area contributed by atoms with Crippen molar-refractivity contribution in [1.29, 1.82) is 0 Å². The molecule has 0 saturated carbocycles. The van der Waals surface area contributed by atoms with Crippen molar-refractivity contribution in [3.63, 3.8) is 0 Å². The minimum Gasteiger partial charge on any atom is -0.497 e. The highest BCUT2D eigenvalue weighted by atomic mass is 32.1. The summed E-state index contributed by atoms with van der Waals surface area (Å²) < 4.78 is 34.0. The first-order chi connectivity index (χ1) is 15.0. The van der Waals surface area contributed by atoms with Crippen LogP contribution in [0, 0.1) is 0 Å². The predicted octanol–water partition coefficient (Wildman–Crippen LogP) is 5.06. The average Bonchev–Trinajstić information content (AvgIpc) is 3.44. The van der Waals surface area contributed by atoms with Crippen molar-refractivity contribution in [1.82, 2.24) is 15.2 Å². The summed E-state index contributed by atoms with van der Waals surface area (Å²) in [6.07, 6.45) is 0. The Balaban J connectivity index is 1.42. The van der Waals surface area contributed by atoms with E-state index in [-0.39, 0.29) is 17.4 Å². The van der Waals surface area contributed by atoms with Crippen LogP contribution in [0.15, 0.2) is 60.0 Å². The lowest BCUT2D eigenvalue weighted by atomic mass is 10.1. The first-order valence-electron chi connectivity index (χ1n) is 9.04. The van der Waals surface area contributed by atoms with E-state index in [4.69, 9.17) is 4.74 Å². The van der Waals surface area contributed by atoms with Crippen LogP contribution < -0.4 is 14.8 Å². The number of hydrogen-bond acceptors (Lipinski definition) is 6. The molecule has 2 aromatic carbocycles. The Morgan fingerprint density at radius 3 is 2.32 bits per heavy atom. The van der Waals surface area contributed by atoms with Gasteiger partial charge in [-0.15, -0.1) is 11.3 Å². The summed E-state index contributed by atoms with van der Waals surface area (Å²) in [5, 5.41) is 11.8. The largest absolute Gasteiger partial charge is 0.497 e. The fourth-order valence-corrected chi connectivity index (χ4v) is 3.50. The maximum atomic E-state index is 12.5. The van der Waals surface area contributed by atoms with Crippen LogP contribution >= 0.6 is 11.3 Å². The number of thiazole rings is 1. The van der Waals surface area contributed by atoms with Gasteiger partial charge in [-0.25, -0.2) is 4.98 Å². The number of benzene rings is 2. The van der Waals surface area contributed by atoms with Gasteiger partial charge in [-0.3, -0.25) is 15.2 Å². The number of H-pyrrole nitrogens is 1. The van der Waals surface area contributed by atoms with E-state index in [2.05, 4.69) is 25.2 Å². The zero-order chi connectivity index (χ0) is 21.8. The molecule has 0 radical (unpaired) electrons. The van der Waals surface area contributed by atoms with E-state index in [0.717, 1.165) is 11.3 Å². The monoisotopic (exact) mass is 442 g/mol. The molecule has 2 aromatic heterocycles. The van der Waals surface area contributed by atoms with E-state index in [1.807, 2.05) is 24.3 Å². The molecule has 0 atom stereocenters. The summed E-state index contributed by atoms with van der Waals surface area (Å²) in [5.74, 6) is 0.413. The van der Waals surface area contributed by atoms with Gasteiger partial charge in [0, 0.05) is 16.5 Å². The van der Waals surface area contributed by atoms with Crippen molar-refractivity contribution < 1.29 is 23.0 Å². The zero-order valence-corrected chi connectivity index (χ0v) is 17.0. The third kappa shape index (κ3) is 4.86. The van der Waals surface area contributed by atoms with Crippen LogP contribution in [0.5, 0.6) is 11.5 Å².